The van der Waals surface area contributed by atoms with Gasteiger partial charge in [-0.25, -0.2) is 0 Å². The van der Waals surface area contributed by atoms with E-state index in [2.05, 4.69) is 0 Å². The molecule has 0 aromatic rings. The van der Waals surface area contributed by atoms with Gasteiger partial charge in [-0.3, -0.25) is 14.4 Å². The van der Waals surface area contributed by atoms with Crippen LogP contribution in [0, 0.1) is 23.2 Å². The average Bonchev–Trinajstić information content (AvgIpc) is 3.79. The summed E-state index contributed by atoms with van der Waals surface area (Å²) in [5.74, 6) is -0.575. The summed E-state index contributed by atoms with van der Waals surface area (Å²) in [7, 11) is 0. The Kier molecular flexibility index (Phi) is 7.54. The van der Waals surface area contributed by atoms with Crippen LogP contribution in [0.1, 0.15) is 71.1 Å². The van der Waals surface area contributed by atoms with Crippen molar-refractivity contribution in [1.82, 2.24) is 0 Å². The molecule has 6 fully saturated rings. The van der Waals surface area contributed by atoms with Crippen molar-refractivity contribution in [2.45, 2.75) is 103 Å². The third-order valence-corrected chi connectivity index (χ3v) is 13.7. The minimum atomic E-state index is -0.705. The van der Waals surface area contributed by atoms with Crippen LogP contribution in [-0.2, 0) is 28.6 Å². The van der Waals surface area contributed by atoms with E-state index in [9.17, 15) is 14.4 Å². The summed E-state index contributed by atoms with van der Waals surface area (Å²) in [6.07, 6.45) is 9.25. The van der Waals surface area contributed by atoms with Crippen LogP contribution in [0.2, 0.25) is 0 Å². The van der Waals surface area contributed by atoms with Gasteiger partial charge in [0.25, 0.3) is 0 Å². The van der Waals surface area contributed by atoms with Crippen molar-refractivity contribution >= 4 is 53.2 Å². The van der Waals surface area contributed by atoms with Gasteiger partial charge in [0.05, 0.1) is 23.2 Å². The van der Waals surface area contributed by atoms with Gasteiger partial charge in [0.1, 0.15) is 19.8 Å². The fourth-order valence-corrected chi connectivity index (χ4v) is 9.98. The van der Waals surface area contributed by atoms with Crippen molar-refractivity contribution in [1.29, 1.82) is 0 Å². The third-order valence-electron chi connectivity index (χ3n) is 9.32. The summed E-state index contributed by atoms with van der Waals surface area (Å²) in [6, 6.07) is 0. The average molecular weight is 555 g/mol. The van der Waals surface area contributed by atoms with E-state index in [-0.39, 0.29) is 55.5 Å². The summed E-state index contributed by atoms with van der Waals surface area (Å²) in [4.78, 5) is 38.8. The highest BCUT2D eigenvalue weighted by Gasteiger charge is 2.48. The van der Waals surface area contributed by atoms with Gasteiger partial charge in [0.2, 0.25) is 0 Å². The summed E-state index contributed by atoms with van der Waals surface area (Å²) in [5, 5.41) is 4.10. The maximum absolute atomic E-state index is 12.9. The lowest BCUT2D eigenvalue weighted by molar-refractivity contribution is -0.168. The summed E-state index contributed by atoms with van der Waals surface area (Å²) < 4.78 is 17.6. The molecule has 36 heavy (non-hydrogen) atoms. The second kappa shape index (κ2) is 10.6. The molecule has 3 aliphatic heterocycles. The van der Waals surface area contributed by atoms with E-state index in [1.165, 1.54) is 0 Å². The number of carbonyl (C=O) groups excluding carboxylic acids is 3. The highest BCUT2D eigenvalue weighted by atomic mass is 32.2. The van der Waals surface area contributed by atoms with Crippen molar-refractivity contribution in [2.75, 3.05) is 19.8 Å². The molecule has 0 bridgehead atoms. The Morgan fingerprint density at radius 1 is 0.583 bits per heavy atom. The minimum Gasteiger partial charge on any atom is -0.465 e. The van der Waals surface area contributed by atoms with Gasteiger partial charge in [-0.1, -0.05) is 6.92 Å². The number of fused-ring (bicyclic) bond motifs is 3. The minimum absolute atomic E-state index is 0.0432. The normalized spacial score (nSPS) is 41.4. The van der Waals surface area contributed by atoms with Crippen molar-refractivity contribution in [3.63, 3.8) is 0 Å². The van der Waals surface area contributed by atoms with E-state index in [1.807, 2.05) is 42.2 Å². The monoisotopic (exact) mass is 554 g/mol. The molecule has 6 rings (SSSR count). The number of esters is 3. The molecule has 3 aliphatic carbocycles. The van der Waals surface area contributed by atoms with Crippen LogP contribution in [0.25, 0.3) is 0 Å². The van der Waals surface area contributed by atoms with Gasteiger partial charge in [-0.2, -0.15) is 35.3 Å². The number of hydrogen-bond acceptors (Lipinski definition) is 9. The van der Waals surface area contributed by atoms with Crippen LogP contribution in [0.4, 0.5) is 0 Å². The molecule has 0 radical (unpaired) electrons. The maximum Gasteiger partial charge on any atom is 0.308 e. The lowest BCUT2D eigenvalue weighted by atomic mass is 9.86. The van der Waals surface area contributed by atoms with E-state index < -0.39 is 5.41 Å². The Bertz CT molecular complexity index is 774. The highest BCUT2D eigenvalue weighted by Crippen LogP contribution is 2.54. The molecular formula is C27H38O6S3. The number of thioether (sulfide) groups is 3. The molecule has 0 N–H and O–H groups in total. The van der Waals surface area contributed by atoms with Crippen molar-refractivity contribution in [3.05, 3.63) is 0 Å². The first-order valence-electron chi connectivity index (χ1n) is 13.9. The SMILES string of the molecule is CCC(COC(=O)C1CCC2SC2C1)(COC(=O)C1CCC2SC2C1)COC(=O)C1CCC2SC2C1. The fraction of sp³-hybridized carbons (Fsp3) is 0.889. The third kappa shape index (κ3) is 5.88. The zero-order valence-electron chi connectivity index (χ0n) is 21.1. The second-order valence-corrected chi connectivity index (χ2v) is 16.3. The number of carbonyl (C=O) groups is 3. The topological polar surface area (TPSA) is 78.9 Å². The van der Waals surface area contributed by atoms with E-state index in [0.29, 0.717) is 22.2 Å². The largest absolute Gasteiger partial charge is 0.465 e. The second-order valence-electron chi connectivity index (χ2n) is 11.8. The Labute approximate surface area is 226 Å². The molecule has 3 saturated carbocycles. The number of rotatable bonds is 10. The van der Waals surface area contributed by atoms with Crippen LogP contribution in [-0.4, -0.2) is 69.2 Å². The Balaban J connectivity index is 1.06. The first-order chi connectivity index (χ1) is 17.4. The molecule has 3 saturated heterocycles. The number of ether oxygens (including phenoxy) is 3. The lowest BCUT2D eigenvalue weighted by Crippen LogP contribution is -2.41. The fourth-order valence-electron chi connectivity index (χ4n) is 6.31. The van der Waals surface area contributed by atoms with Gasteiger partial charge in [-0.05, 0) is 64.2 Å². The van der Waals surface area contributed by atoms with Crippen LogP contribution in [0.15, 0.2) is 0 Å². The Hall–Kier alpha value is -0.540. The van der Waals surface area contributed by atoms with Crippen molar-refractivity contribution in [2.24, 2.45) is 23.2 Å². The first kappa shape index (κ1) is 25.7. The van der Waals surface area contributed by atoms with E-state index in [0.717, 1.165) is 73.5 Å². The van der Waals surface area contributed by atoms with Crippen LogP contribution < -0.4 is 0 Å². The smallest absolute Gasteiger partial charge is 0.308 e. The van der Waals surface area contributed by atoms with Gasteiger partial charge >= 0.3 is 17.9 Å². The molecule has 0 aromatic heterocycles. The molecule has 9 heteroatoms. The van der Waals surface area contributed by atoms with Crippen molar-refractivity contribution < 1.29 is 28.6 Å². The molecule has 0 amide bonds. The molecular weight excluding hydrogens is 516 g/mol. The van der Waals surface area contributed by atoms with E-state index in [4.69, 9.17) is 14.2 Å². The summed E-state index contributed by atoms with van der Waals surface area (Å²) >= 11 is 5.94. The van der Waals surface area contributed by atoms with Gasteiger partial charge in [-0.15, -0.1) is 0 Å². The Morgan fingerprint density at radius 2 is 0.917 bits per heavy atom. The van der Waals surface area contributed by atoms with Crippen LogP contribution in [0.3, 0.4) is 0 Å². The lowest BCUT2D eigenvalue weighted by Gasteiger charge is -2.33. The van der Waals surface area contributed by atoms with E-state index in [1.54, 1.807) is 0 Å². The van der Waals surface area contributed by atoms with Gasteiger partial charge in [0.15, 0.2) is 0 Å². The number of hydrogen-bond donors (Lipinski definition) is 0. The van der Waals surface area contributed by atoms with Crippen LogP contribution >= 0.6 is 35.3 Å². The van der Waals surface area contributed by atoms with Gasteiger partial charge in [0, 0.05) is 31.5 Å². The first-order valence-corrected chi connectivity index (χ1v) is 16.7. The summed E-state index contributed by atoms with van der Waals surface area (Å²) in [6.45, 7) is 2.37. The quantitative estimate of drug-likeness (QED) is 0.214. The predicted molar refractivity (Wildman–Crippen MR) is 143 cm³/mol. The molecule has 200 valence electrons. The van der Waals surface area contributed by atoms with E-state index >= 15 is 0 Å². The molecule has 9 unspecified atom stereocenters. The Morgan fingerprint density at radius 3 is 1.19 bits per heavy atom. The molecule has 3 heterocycles. The van der Waals surface area contributed by atoms with Crippen molar-refractivity contribution in [3.8, 4) is 0 Å². The highest BCUT2D eigenvalue weighted by molar-refractivity contribution is 8.08. The zero-order chi connectivity index (χ0) is 24.9. The maximum atomic E-state index is 12.9. The predicted octanol–water partition coefficient (Wildman–Crippen LogP) is 4.86. The molecule has 0 spiro atoms. The zero-order valence-corrected chi connectivity index (χ0v) is 23.5. The molecule has 6 nitrogen and oxygen atoms in total. The summed E-state index contributed by atoms with van der Waals surface area (Å²) in [5.41, 5.74) is -0.705. The standard InChI is InChI=1S/C27H38O6S3/c1-2-27(12-31-24(28)15-3-6-18-21(9-15)34-18,13-32-25(29)16-4-7-19-22(10-16)35-19)14-33-26(30)17-5-8-20-23(11-17)36-20/h15-23H,2-14H2,1H3. The molecule has 0 aromatic carbocycles. The molecule has 6 aliphatic rings. The molecule has 9 atom stereocenters. The van der Waals surface area contributed by atoms with Crippen LogP contribution in [0.5, 0.6) is 0 Å². The van der Waals surface area contributed by atoms with Gasteiger partial charge < -0.3 is 14.2 Å².